The molecule has 1 aliphatic heterocycles. The minimum absolute atomic E-state index is 0.109. The largest absolute Gasteiger partial charge is 0.478 e. The highest BCUT2D eigenvalue weighted by Crippen LogP contribution is 2.28. The molecule has 0 spiro atoms. The molecule has 0 aromatic heterocycles. The fourth-order valence-corrected chi connectivity index (χ4v) is 3.02. The third-order valence-electron chi connectivity index (χ3n) is 4.35. The van der Waals surface area contributed by atoms with Crippen molar-refractivity contribution >= 4 is 29.5 Å². The van der Waals surface area contributed by atoms with Crippen molar-refractivity contribution in [1.29, 1.82) is 0 Å². The van der Waals surface area contributed by atoms with E-state index in [1.807, 2.05) is 60.7 Å². The maximum absolute atomic E-state index is 13.2. The molecule has 0 bridgehead atoms. The molecule has 3 aromatic carbocycles. The molecule has 1 heterocycles. The number of amides is 1. The van der Waals surface area contributed by atoms with Crippen LogP contribution in [-0.4, -0.2) is 22.8 Å². The third kappa shape index (κ3) is 3.33. The number of carboxylic acids is 1. The predicted molar refractivity (Wildman–Crippen MR) is 108 cm³/mol. The standard InChI is InChI=1S/C23H16N2O3/c26-22-20(14-16-8-3-1-4-9-16)24-21(17-10-5-2-6-11-17)25(22)19-13-7-12-18(15-19)23(27)28/h1-15H,(H,27,28)/b20-14+. The molecule has 28 heavy (non-hydrogen) atoms. The Balaban J connectivity index is 1.84. The lowest BCUT2D eigenvalue weighted by Crippen LogP contribution is -2.32. The molecule has 0 atom stereocenters. The lowest BCUT2D eigenvalue weighted by Gasteiger charge is -2.19. The van der Waals surface area contributed by atoms with Gasteiger partial charge in [-0.3, -0.25) is 9.69 Å². The van der Waals surface area contributed by atoms with Gasteiger partial charge in [0.15, 0.2) is 0 Å². The summed E-state index contributed by atoms with van der Waals surface area (Å²) in [5, 5.41) is 9.30. The molecular formula is C23H16N2O3. The first kappa shape index (κ1) is 17.4. The summed E-state index contributed by atoms with van der Waals surface area (Å²) in [6.07, 6.45) is 1.73. The number of amidine groups is 1. The molecule has 0 radical (unpaired) electrons. The molecule has 1 amide bonds. The van der Waals surface area contributed by atoms with Crippen LogP contribution >= 0.6 is 0 Å². The van der Waals surface area contributed by atoms with Gasteiger partial charge < -0.3 is 5.11 Å². The fourth-order valence-electron chi connectivity index (χ4n) is 3.02. The Morgan fingerprint density at radius 2 is 1.57 bits per heavy atom. The molecule has 5 heteroatoms. The summed E-state index contributed by atoms with van der Waals surface area (Å²) in [5.74, 6) is -0.882. The predicted octanol–water partition coefficient (Wildman–Crippen LogP) is 4.22. The Morgan fingerprint density at radius 1 is 0.893 bits per heavy atom. The zero-order chi connectivity index (χ0) is 19.5. The Morgan fingerprint density at radius 3 is 2.25 bits per heavy atom. The SMILES string of the molecule is O=C(O)c1cccc(N2C(=O)/C(=C\c3ccccc3)N=C2c2ccccc2)c1. The van der Waals surface area contributed by atoms with E-state index in [9.17, 15) is 14.7 Å². The number of aliphatic imine (C=N–C) groups is 1. The van der Waals surface area contributed by atoms with Gasteiger partial charge in [-0.15, -0.1) is 0 Å². The smallest absolute Gasteiger partial charge is 0.335 e. The Kier molecular flexibility index (Phi) is 4.56. The molecule has 3 aromatic rings. The molecule has 0 saturated carbocycles. The first-order valence-corrected chi connectivity index (χ1v) is 8.72. The summed E-state index contributed by atoms with van der Waals surface area (Å²) < 4.78 is 0. The number of hydrogen-bond acceptors (Lipinski definition) is 3. The fraction of sp³-hybridized carbons (Fsp3) is 0. The van der Waals surface area contributed by atoms with Gasteiger partial charge in [-0.1, -0.05) is 66.7 Å². The van der Waals surface area contributed by atoms with Gasteiger partial charge >= 0.3 is 5.97 Å². The highest BCUT2D eigenvalue weighted by atomic mass is 16.4. The summed E-state index contributed by atoms with van der Waals surface area (Å²) in [5.41, 5.74) is 2.50. The monoisotopic (exact) mass is 368 g/mol. The van der Waals surface area contributed by atoms with Gasteiger partial charge in [0.1, 0.15) is 11.5 Å². The van der Waals surface area contributed by atoms with Crippen LogP contribution in [0.25, 0.3) is 6.08 Å². The van der Waals surface area contributed by atoms with Crippen LogP contribution in [0.3, 0.4) is 0 Å². The van der Waals surface area contributed by atoms with Gasteiger partial charge in [0.05, 0.1) is 11.3 Å². The van der Waals surface area contributed by atoms with Crippen LogP contribution in [0.5, 0.6) is 0 Å². The minimum Gasteiger partial charge on any atom is -0.478 e. The lowest BCUT2D eigenvalue weighted by molar-refractivity contribution is -0.113. The van der Waals surface area contributed by atoms with Gasteiger partial charge in [-0.2, -0.15) is 0 Å². The van der Waals surface area contributed by atoms with Crippen molar-refractivity contribution in [3.63, 3.8) is 0 Å². The average molecular weight is 368 g/mol. The quantitative estimate of drug-likeness (QED) is 0.701. The minimum atomic E-state index is -1.05. The number of benzene rings is 3. The average Bonchev–Trinajstić information content (AvgIpc) is 3.05. The molecule has 0 aliphatic carbocycles. The van der Waals surface area contributed by atoms with Crippen molar-refractivity contribution in [1.82, 2.24) is 0 Å². The number of hydrogen-bond donors (Lipinski definition) is 1. The number of carbonyl (C=O) groups is 2. The number of carbonyl (C=O) groups excluding carboxylic acids is 1. The molecule has 136 valence electrons. The van der Waals surface area contributed by atoms with Crippen LogP contribution in [0, 0.1) is 0 Å². The van der Waals surface area contributed by atoms with Crippen LogP contribution in [-0.2, 0) is 4.79 Å². The molecule has 4 rings (SSSR count). The second-order valence-corrected chi connectivity index (χ2v) is 6.24. The topological polar surface area (TPSA) is 70.0 Å². The van der Waals surface area contributed by atoms with E-state index < -0.39 is 5.97 Å². The van der Waals surface area contributed by atoms with Crippen molar-refractivity contribution < 1.29 is 14.7 Å². The van der Waals surface area contributed by atoms with Crippen molar-refractivity contribution in [2.24, 2.45) is 4.99 Å². The summed E-state index contributed by atoms with van der Waals surface area (Å²) in [7, 11) is 0. The van der Waals surface area contributed by atoms with Gasteiger partial charge in [-0.05, 0) is 29.8 Å². The van der Waals surface area contributed by atoms with Crippen LogP contribution in [0.1, 0.15) is 21.5 Å². The number of rotatable bonds is 4. The third-order valence-corrected chi connectivity index (χ3v) is 4.35. The molecule has 0 saturated heterocycles. The van der Waals surface area contributed by atoms with E-state index >= 15 is 0 Å². The van der Waals surface area contributed by atoms with Crippen molar-refractivity contribution in [3.05, 3.63) is 107 Å². The maximum atomic E-state index is 13.2. The van der Waals surface area contributed by atoms with Crippen LogP contribution < -0.4 is 4.90 Å². The Labute approximate surface area is 161 Å². The van der Waals surface area contributed by atoms with Gasteiger partial charge in [0, 0.05) is 5.56 Å². The molecule has 0 fully saturated rings. The molecule has 1 aliphatic rings. The van der Waals surface area contributed by atoms with E-state index in [1.54, 1.807) is 18.2 Å². The van der Waals surface area contributed by atoms with Gasteiger partial charge in [0.25, 0.3) is 5.91 Å². The highest BCUT2D eigenvalue weighted by Gasteiger charge is 2.32. The van der Waals surface area contributed by atoms with E-state index in [0.717, 1.165) is 11.1 Å². The van der Waals surface area contributed by atoms with E-state index in [2.05, 4.69) is 4.99 Å². The van der Waals surface area contributed by atoms with Gasteiger partial charge in [-0.25, -0.2) is 9.79 Å². The number of aromatic carboxylic acids is 1. The normalized spacial score (nSPS) is 15.0. The van der Waals surface area contributed by atoms with E-state index in [4.69, 9.17) is 0 Å². The van der Waals surface area contributed by atoms with E-state index in [0.29, 0.717) is 17.2 Å². The summed E-state index contributed by atoms with van der Waals surface area (Å²) in [6.45, 7) is 0. The first-order chi connectivity index (χ1) is 13.6. The summed E-state index contributed by atoms with van der Waals surface area (Å²) in [4.78, 5) is 30.6. The highest BCUT2D eigenvalue weighted by molar-refractivity contribution is 6.33. The van der Waals surface area contributed by atoms with E-state index in [1.165, 1.54) is 17.0 Å². The zero-order valence-electron chi connectivity index (χ0n) is 14.8. The Bertz CT molecular complexity index is 1100. The van der Waals surface area contributed by atoms with E-state index in [-0.39, 0.29) is 11.5 Å². The summed E-state index contributed by atoms with van der Waals surface area (Å²) >= 11 is 0. The molecular weight excluding hydrogens is 352 g/mol. The zero-order valence-corrected chi connectivity index (χ0v) is 14.8. The van der Waals surface area contributed by atoms with Gasteiger partial charge in [0.2, 0.25) is 0 Å². The maximum Gasteiger partial charge on any atom is 0.335 e. The van der Waals surface area contributed by atoms with Crippen molar-refractivity contribution in [2.45, 2.75) is 0 Å². The number of carboxylic acid groups (broad SMARTS) is 1. The van der Waals surface area contributed by atoms with Crippen molar-refractivity contribution in [3.8, 4) is 0 Å². The lowest BCUT2D eigenvalue weighted by atomic mass is 10.1. The van der Waals surface area contributed by atoms with Crippen LogP contribution in [0.15, 0.2) is 95.6 Å². The number of nitrogens with zero attached hydrogens (tertiary/aromatic N) is 2. The van der Waals surface area contributed by atoms with Crippen LogP contribution in [0.2, 0.25) is 0 Å². The molecule has 0 unspecified atom stereocenters. The Hall–Kier alpha value is -3.99. The van der Waals surface area contributed by atoms with Crippen LogP contribution in [0.4, 0.5) is 5.69 Å². The van der Waals surface area contributed by atoms with Crippen molar-refractivity contribution in [2.75, 3.05) is 4.90 Å². The second-order valence-electron chi connectivity index (χ2n) is 6.24. The molecule has 5 nitrogen and oxygen atoms in total. The number of anilines is 1. The first-order valence-electron chi connectivity index (χ1n) is 8.72. The molecule has 1 N–H and O–H groups in total. The second kappa shape index (κ2) is 7.32. The summed E-state index contributed by atoms with van der Waals surface area (Å²) in [6, 6.07) is 25.1.